The summed E-state index contributed by atoms with van der Waals surface area (Å²) in [4.78, 5) is 58.8. The largest absolute Gasteiger partial charge is 0.454 e. The molecule has 0 radical (unpaired) electrons. The molecule has 9 nitrogen and oxygen atoms in total. The van der Waals surface area contributed by atoms with Crippen LogP contribution in [-0.2, 0) is 23.9 Å². The maximum Gasteiger partial charge on any atom is 0.338 e. The van der Waals surface area contributed by atoms with Crippen LogP contribution in [0.5, 0.6) is 0 Å². The Kier molecular flexibility index (Phi) is 8.13. The first kappa shape index (κ1) is 21.1. The average molecular weight is 389 g/mol. The van der Waals surface area contributed by atoms with Crippen molar-refractivity contribution in [1.82, 2.24) is 16.0 Å². The predicted octanol–water partition coefficient (Wildman–Crippen LogP) is -0.440. The number of hydrogen-bond acceptors (Lipinski definition) is 6. The molecule has 0 spiro atoms. The molecule has 0 bridgehead atoms. The van der Waals surface area contributed by atoms with Gasteiger partial charge in [0, 0.05) is 12.5 Å². The number of hydrogen-bond donors (Lipinski definition) is 3. The van der Waals surface area contributed by atoms with E-state index in [1.807, 2.05) is 0 Å². The molecule has 0 aromatic heterocycles. The number of carbonyl (C=O) groups excluding carboxylic acids is 5. The summed E-state index contributed by atoms with van der Waals surface area (Å²) >= 11 is 0. The van der Waals surface area contributed by atoms with E-state index in [0.717, 1.165) is 6.42 Å². The number of ketones is 1. The monoisotopic (exact) mass is 389 g/mol. The molecule has 1 fully saturated rings. The van der Waals surface area contributed by atoms with E-state index in [1.54, 1.807) is 30.3 Å². The lowest BCUT2D eigenvalue weighted by Crippen LogP contribution is -2.49. The fraction of sp³-hybridized carbons (Fsp3) is 0.421. The van der Waals surface area contributed by atoms with Crippen LogP contribution in [0.4, 0.5) is 0 Å². The Balaban J connectivity index is 1.98. The second-order valence-corrected chi connectivity index (χ2v) is 6.39. The zero-order valence-electron chi connectivity index (χ0n) is 15.3. The minimum absolute atomic E-state index is 0.0976. The number of amides is 3. The number of ether oxygens (including phenoxy) is 1. The van der Waals surface area contributed by atoms with Crippen LogP contribution in [-0.4, -0.2) is 55.7 Å². The van der Waals surface area contributed by atoms with Gasteiger partial charge in [-0.05, 0) is 31.4 Å². The third kappa shape index (κ3) is 6.49. The van der Waals surface area contributed by atoms with Crippen LogP contribution in [0.1, 0.15) is 29.6 Å². The molecule has 1 aromatic carbocycles. The van der Waals surface area contributed by atoms with E-state index in [0.29, 0.717) is 24.9 Å². The predicted molar refractivity (Wildman–Crippen MR) is 98.1 cm³/mol. The van der Waals surface area contributed by atoms with Gasteiger partial charge in [-0.3, -0.25) is 19.2 Å². The van der Waals surface area contributed by atoms with E-state index in [4.69, 9.17) is 4.74 Å². The van der Waals surface area contributed by atoms with Crippen molar-refractivity contribution in [2.75, 3.05) is 19.7 Å². The lowest BCUT2D eigenvalue weighted by Gasteiger charge is -2.26. The molecule has 28 heavy (non-hydrogen) atoms. The van der Waals surface area contributed by atoms with Crippen LogP contribution < -0.4 is 16.0 Å². The lowest BCUT2D eigenvalue weighted by molar-refractivity contribution is -0.132. The molecule has 1 aromatic rings. The molecule has 0 aliphatic carbocycles. The summed E-state index contributed by atoms with van der Waals surface area (Å²) in [6, 6.07) is 7.20. The van der Waals surface area contributed by atoms with E-state index in [-0.39, 0.29) is 18.9 Å². The fourth-order valence-electron chi connectivity index (χ4n) is 2.89. The molecule has 1 aliphatic heterocycles. The molecule has 1 saturated heterocycles. The zero-order chi connectivity index (χ0) is 20.4. The molecule has 1 heterocycles. The van der Waals surface area contributed by atoms with Gasteiger partial charge in [0.05, 0.1) is 18.2 Å². The average Bonchev–Trinajstić information content (AvgIpc) is 2.71. The van der Waals surface area contributed by atoms with E-state index >= 15 is 0 Å². The first-order chi connectivity index (χ1) is 13.5. The van der Waals surface area contributed by atoms with Crippen LogP contribution in [0, 0.1) is 5.92 Å². The standard InChI is InChI=1S/C19H23N3O6/c23-12-20-10-17(25)22-15(9-14-7-4-8-21-18(14)26)16(24)11-28-19(27)13-5-2-1-3-6-13/h1-3,5-6,12,14-15H,4,7-11H2,(H,20,23)(H,21,26)(H,22,25)/t14-,15?/m0/s1. The van der Waals surface area contributed by atoms with Crippen LogP contribution in [0.15, 0.2) is 30.3 Å². The van der Waals surface area contributed by atoms with E-state index in [1.165, 1.54) is 0 Å². The number of Topliss-reactive ketones (excluding diaryl/α,β-unsaturated/α-hetero) is 1. The molecule has 9 heteroatoms. The summed E-state index contributed by atoms with van der Waals surface area (Å²) in [5.41, 5.74) is 0.303. The third-order valence-corrected chi connectivity index (χ3v) is 4.34. The summed E-state index contributed by atoms with van der Waals surface area (Å²) in [5, 5.41) is 7.44. The van der Waals surface area contributed by atoms with Gasteiger partial charge in [-0.1, -0.05) is 18.2 Å². The normalized spacial score (nSPS) is 17.0. The first-order valence-electron chi connectivity index (χ1n) is 9.00. The first-order valence-corrected chi connectivity index (χ1v) is 9.00. The Hall–Kier alpha value is -3.23. The Morgan fingerprint density at radius 1 is 1.25 bits per heavy atom. The fourth-order valence-corrected chi connectivity index (χ4v) is 2.89. The highest BCUT2D eigenvalue weighted by atomic mass is 16.5. The molecular weight excluding hydrogens is 366 g/mol. The summed E-state index contributed by atoms with van der Waals surface area (Å²) in [6.45, 7) is -0.250. The minimum Gasteiger partial charge on any atom is -0.454 e. The second-order valence-electron chi connectivity index (χ2n) is 6.39. The molecule has 1 unspecified atom stereocenters. The van der Waals surface area contributed by atoms with Crippen molar-refractivity contribution in [2.24, 2.45) is 5.92 Å². The highest BCUT2D eigenvalue weighted by Gasteiger charge is 2.30. The van der Waals surface area contributed by atoms with Crippen molar-refractivity contribution in [2.45, 2.75) is 25.3 Å². The van der Waals surface area contributed by atoms with Gasteiger partial charge >= 0.3 is 5.97 Å². The summed E-state index contributed by atoms with van der Waals surface area (Å²) < 4.78 is 5.04. The van der Waals surface area contributed by atoms with E-state index in [2.05, 4.69) is 16.0 Å². The lowest BCUT2D eigenvalue weighted by atomic mass is 9.90. The van der Waals surface area contributed by atoms with Crippen LogP contribution in [0.25, 0.3) is 0 Å². The molecule has 150 valence electrons. The number of carbonyl (C=O) groups is 5. The van der Waals surface area contributed by atoms with Crippen LogP contribution in [0.2, 0.25) is 0 Å². The van der Waals surface area contributed by atoms with Gasteiger partial charge in [-0.25, -0.2) is 4.79 Å². The highest BCUT2D eigenvalue weighted by Crippen LogP contribution is 2.18. The van der Waals surface area contributed by atoms with Crippen molar-refractivity contribution in [3.63, 3.8) is 0 Å². The smallest absolute Gasteiger partial charge is 0.338 e. The number of rotatable bonds is 10. The van der Waals surface area contributed by atoms with Crippen LogP contribution >= 0.6 is 0 Å². The Morgan fingerprint density at radius 3 is 2.68 bits per heavy atom. The van der Waals surface area contributed by atoms with Gasteiger partial charge in [0.1, 0.15) is 0 Å². The van der Waals surface area contributed by atoms with Crippen molar-refractivity contribution in [1.29, 1.82) is 0 Å². The van der Waals surface area contributed by atoms with E-state index < -0.39 is 36.2 Å². The summed E-state index contributed by atoms with van der Waals surface area (Å²) in [6.07, 6.45) is 1.84. The Bertz CT molecular complexity index is 722. The number of esters is 1. The van der Waals surface area contributed by atoms with E-state index in [9.17, 15) is 24.0 Å². The maximum atomic E-state index is 12.6. The zero-order valence-corrected chi connectivity index (χ0v) is 15.3. The maximum absolute atomic E-state index is 12.6. The minimum atomic E-state index is -1.00. The quantitative estimate of drug-likeness (QED) is 0.367. The Labute approximate surface area is 162 Å². The van der Waals surface area contributed by atoms with Crippen LogP contribution in [0.3, 0.4) is 0 Å². The van der Waals surface area contributed by atoms with Gasteiger partial charge < -0.3 is 20.7 Å². The second kappa shape index (κ2) is 10.8. The van der Waals surface area contributed by atoms with Gasteiger partial charge in [0.15, 0.2) is 12.4 Å². The van der Waals surface area contributed by atoms with Gasteiger partial charge in [-0.2, -0.15) is 0 Å². The molecule has 1 aliphatic rings. The Morgan fingerprint density at radius 2 is 2.00 bits per heavy atom. The highest BCUT2D eigenvalue weighted by molar-refractivity contribution is 5.95. The molecule has 3 N–H and O–H groups in total. The van der Waals surface area contributed by atoms with Crippen molar-refractivity contribution in [3.05, 3.63) is 35.9 Å². The molecular formula is C19H23N3O6. The van der Waals surface area contributed by atoms with Crippen molar-refractivity contribution in [3.8, 4) is 0 Å². The summed E-state index contributed by atoms with van der Waals surface area (Å²) in [7, 11) is 0. The number of piperidine rings is 1. The van der Waals surface area contributed by atoms with Gasteiger partial charge in [0.25, 0.3) is 0 Å². The van der Waals surface area contributed by atoms with Crippen molar-refractivity contribution < 1.29 is 28.7 Å². The van der Waals surface area contributed by atoms with Gasteiger partial charge in [-0.15, -0.1) is 0 Å². The third-order valence-electron chi connectivity index (χ3n) is 4.34. The summed E-state index contributed by atoms with van der Waals surface area (Å²) in [5.74, 6) is -2.35. The number of nitrogens with one attached hydrogen (secondary N) is 3. The topological polar surface area (TPSA) is 131 Å². The molecule has 2 rings (SSSR count). The molecule has 0 saturated carbocycles. The molecule has 3 amide bonds. The van der Waals surface area contributed by atoms with Gasteiger partial charge in [0.2, 0.25) is 18.2 Å². The number of benzene rings is 1. The SMILES string of the molecule is O=CNCC(=O)NC(C[C@@H]1CCCNC1=O)C(=O)COC(=O)c1ccccc1. The van der Waals surface area contributed by atoms with Crippen molar-refractivity contribution >= 4 is 30.0 Å². The molecule has 2 atom stereocenters.